The van der Waals surface area contributed by atoms with Crippen LogP contribution in [0.1, 0.15) is 65.0 Å². The number of rotatable bonds is 14. The Bertz CT molecular complexity index is 2000. The first-order valence-electron chi connectivity index (χ1n) is 18.2. The van der Waals surface area contributed by atoms with Crippen LogP contribution in [0.2, 0.25) is 0 Å². The number of guanidine groups is 1. The van der Waals surface area contributed by atoms with Crippen LogP contribution in [-0.2, 0) is 28.9 Å². The number of carbonyl (C=O) groups excluding carboxylic acids is 2. The Kier molecular flexibility index (Phi) is 12.0. The molecule has 0 unspecified atom stereocenters. The third-order valence-electron chi connectivity index (χ3n) is 10.2. The monoisotopic (exact) mass is 732 g/mol. The smallest absolute Gasteiger partial charge is 0.249 e. The maximum absolute atomic E-state index is 14.3. The van der Waals surface area contributed by atoms with Crippen molar-refractivity contribution in [3.8, 4) is 16.9 Å². The highest BCUT2D eigenvalue weighted by Gasteiger charge is 2.33. The predicted octanol–water partition coefficient (Wildman–Crippen LogP) is 3.82. The third kappa shape index (κ3) is 9.50. The first-order valence-corrected chi connectivity index (χ1v) is 18.2. The fourth-order valence-corrected chi connectivity index (χ4v) is 7.05. The van der Waals surface area contributed by atoms with Gasteiger partial charge in [0.15, 0.2) is 11.8 Å². The summed E-state index contributed by atoms with van der Waals surface area (Å²) in [6, 6.07) is 19.0. The van der Waals surface area contributed by atoms with Gasteiger partial charge >= 0.3 is 0 Å². The molecule has 14 nitrogen and oxygen atoms in total. The van der Waals surface area contributed by atoms with Crippen LogP contribution in [0, 0.1) is 25.2 Å². The number of carbonyl (C=O) groups is 2. The van der Waals surface area contributed by atoms with Crippen LogP contribution >= 0.6 is 0 Å². The van der Waals surface area contributed by atoms with Crippen molar-refractivity contribution < 1.29 is 19.2 Å². The van der Waals surface area contributed by atoms with Gasteiger partial charge in [-0.2, -0.15) is 4.98 Å². The number of piperidine rings is 1. The normalized spacial score (nSPS) is 15.0. The Hall–Kier alpha value is -6.02. The maximum Gasteiger partial charge on any atom is 0.249 e. The lowest BCUT2D eigenvalue weighted by molar-refractivity contribution is -0.131. The maximum atomic E-state index is 14.3. The van der Waals surface area contributed by atoms with Gasteiger partial charge in [-0.25, -0.2) is 4.98 Å². The molecular weight excluding hydrogens is 685 g/mol. The number of imidazole rings is 1. The summed E-state index contributed by atoms with van der Waals surface area (Å²) in [6.07, 6.45) is 6.03. The number of phenolic OH excluding ortho intramolecular Hbond substituents is 1. The van der Waals surface area contributed by atoms with E-state index in [4.69, 9.17) is 26.4 Å². The van der Waals surface area contributed by atoms with Gasteiger partial charge in [-0.05, 0) is 91.0 Å². The summed E-state index contributed by atoms with van der Waals surface area (Å²) in [6.45, 7) is 4.77. The molecule has 9 N–H and O–H groups in total. The van der Waals surface area contributed by atoms with Crippen molar-refractivity contribution in [3.63, 3.8) is 0 Å². The van der Waals surface area contributed by atoms with Crippen molar-refractivity contribution >= 4 is 17.8 Å². The van der Waals surface area contributed by atoms with E-state index in [9.17, 15) is 14.7 Å². The first-order chi connectivity index (χ1) is 26.0. The van der Waals surface area contributed by atoms with Crippen LogP contribution in [0.25, 0.3) is 11.1 Å². The van der Waals surface area contributed by atoms with E-state index in [1.165, 1.54) is 0 Å². The van der Waals surface area contributed by atoms with E-state index in [2.05, 4.69) is 50.0 Å². The average molecular weight is 733 g/mol. The van der Waals surface area contributed by atoms with Crippen LogP contribution in [0.4, 0.5) is 0 Å². The Morgan fingerprint density at radius 3 is 2.35 bits per heavy atom. The number of hydrogen-bond donors (Lipinski definition) is 7. The molecule has 6 rings (SSSR count). The second-order valence-electron chi connectivity index (χ2n) is 14.0. The molecule has 5 aromatic rings. The van der Waals surface area contributed by atoms with Gasteiger partial charge in [-0.3, -0.25) is 15.0 Å². The summed E-state index contributed by atoms with van der Waals surface area (Å²) in [7, 11) is 0. The molecule has 0 bridgehead atoms. The van der Waals surface area contributed by atoms with Crippen molar-refractivity contribution in [3.05, 3.63) is 119 Å². The molecule has 0 aliphatic carbocycles. The minimum atomic E-state index is -1.01. The zero-order valence-corrected chi connectivity index (χ0v) is 30.6. The molecule has 2 aromatic heterocycles. The van der Waals surface area contributed by atoms with E-state index in [1.54, 1.807) is 29.6 Å². The molecule has 3 aromatic carbocycles. The Morgan fingerprint density at radius 2 is 1.70 bits per heavy atom. The number of nitrogens with one attached hydrogen (secondary N) is 4. The summed E-state index contributed by atoms with van der Waals surface area (Å²) in [5.41, 5.74) is 18.7. The predicted molar refractivity (Wildman–Crippen MR) is 204 cm³/mol. The molecular formula is C40H48N10O4. The van der Waals surface area contributed by atoms with Crippen LogP contribution in [0.15, 0.2) is 83.8 Å². The molecule has 1 fully saturated rings. The van der Waals surface area contributed by atoms with Crippen molar-refractivity contribution in [1.82, 2.24) is 35.6 Å². The lowest BCUT2D eigenvalue weighted by atomic mass is 9.89. The van der Waals surface area contributed by atoms with Gasteiger partial charge in [0.2, 0.25) is 17.7 Å². The van der Waals surface area contributed by atoms with Gasteiger partial charge in [0.25, 0.3) is 0 Å². The minimum absolute atomic E-state index is 0.00390. The largest absolute Gasteiger partial charge is 0.508 e. The Balaban J connectivity index is 1.21. The van der Waals surface area contributed by atoms with Crippen LogP contribution in [-0.4, -0.2) is 73.1 Å². The zero-order chi connectivity index (χ0) is 38.2. The standard InChI is InChI=1S/C40H48N10O4/c1-24-18-31(51)19-25(2)32(24)21-34(47-38(53)36(41)29-14-16-50(17-15-29)40(42)43)37(52)46-33(13-12-30-22-44-23-45-30)39-48-35(49-54-39)20-26-8-10-28(11-9-26)27-6-4-3-5-7-27/h3-11,18-19,22-23,29,33-34,36,51H,12-17,20-21,41H2,1-2H3,(H3,42,43)(H,44,45)(H,46,52)(H,47,53)/t33-,34-,36+/m0/s1. The number of nitrogens with zero attached hydrogens (tertiary/aromatic N) is 4. The molecule has 2 amide bonds. The molecule has 3 atom stereocenters. The quantitative estimate of drug-likeness (QED) is 0.0645. The number of H-pyrrole nitrogens is 1. The van der Waals surface area contributed by atoms with Gasteiger partial charge in [0.1, 0.15) is 17.8 Å². The van der Waals surface area contributed by atoms with E-state index in [-0.39, 0.29) is 29.9 Å². The summed E-state index contributed by atoms with van der Waals surface area (Å²) in [5, 5.41) is 28.2. The highest BCUT2D eigenvalue weighted by atomic mass is 16.5. The number of hydrogen-bond acceptors (Lipinski definition) is 9. The molecule has 1 aliphatic heterocycles. The Morgan fingerprint density at radius 1 is 1.02 bits per heavy atom. The van der Waals surface area contributed by atoms with Crippen molar-refractivity contribution in [2.24, 2.45) is 17.4 Å². The molecule has 54 heavy (non-hydrogen) atoms. The number of aromatic nitrogens is 4. The van der Waals surface area contributed by atoms with Crippen LogP contribution in [0.3, 0.4) is 0 Å². The summed E-state index contributed by atoms with van der Waals surface area (Å²) < 4.78 is 5.77. The lowest BCUT2D eigenvalue weighted by Crippen LogP contribution is -2.56. The summed E-state index contributed by atoms with van der Waals surface area (Å²) in [5.74, 6) is -0.200. The number of aromatic amines is 1. The van der Waals surface area contributed by atoms with E-state index in [1.807, 2.05) is 44.2 Å². The fourth-order valence-electron chi connectivity index (χ4n) is 7.05. The molecule has 0 saturated carbocycles. The minimum Gasteiger partial charge on any atom is -0.508 e. The molecule has 0 spiro atoms. The van der Waals surface area contributed by atoms with Crippen molar-refractivity contribution in [2.75, 3.05) is 13.1 Å². The highest BCUT2D eigenvalue weighted by molar-refractivity contribution is 5.90. The molecule has 282 valence electrons. The first kappa shape index (κ1) is 37.7. The van der Waals surface area contributed by atoms with Gasteiger partial charge in [0, 0.05) is 37.8 Å². The molecule has 1 aliphatic rings. The molecule has 14 heteroatoms. The number of phenols is 1. The van der Waals surface area contributed by atoms with Crippen LogP contribution in [0.5, 0.6) is 5.75 Å². The summed E-state index contributed by atoms with van der Waals surface area (Å²) in [4.78, 5) is 41.7. The van der Waals surface area contributed by atoms with E-state index >= 15 is 0 Å². The second kappa shape index (κ2) is 17.2. The van der Waals surface area contributed by atoms with Crippen molar-refractivity contribution in [1.29, 1.82) is 5.41 Å². The number of benzene rings is 3. The molecule has 0 radical (unpaired) electrons. The average Bonchev–Trinajstić information content (AvgIpc) is 3.87. The van der Waals surface area contributed by atoms with Gasteiger partial charge < -0.3 is 41.6 Å². The summed E-state index contributed by atoms with van der Waals surface area (Å²) >= 11 is 0. The molecule has 3 heterocycles. The number of likely N-dealkylation sites (tertiary alicyclic amines) is 1. The van der Waals surface area contributed by atoms with E-state index in [0.29, 0.717) is 51.0 Å². The topological polar surface area (TPSA) is 225 Å². The number of nitrogens with two attached hydrogens (primary N) is 2. The van der Waals surface area contributed by atoms with E-state index < -0.39 is 29.9 Å². The van der Waals surface area contributed by atoms with E-state index in [0.717, 1.165) is 39.1 Å². The third-order valence-corrected chi connectivity index (χ3v) is 10.2. The SMILES string of the molecule is Cc1cc(O)cc(C)c1C[C@H](NC(=O)[C@H](N)C1CCN(C(=N)N)CC1)C(=O)N[C@@H](CCc1cnc[nH]1)c1nc(Cc2ccc(-c3ccccc3)cc2)no1. The lowest BCUT2D eigenvalue weighted by Gasteiger charge is -2.34. The fraction of sp³-hybridized carbons (Fsp3) is 0.350. The number of aromatic hydroxyl groups is 1. The molecule has 1 saturated heterocycles. The zero-order valence-electron chi connectivity index (χ0n) is 30.6. The van der Waals surface area contributed by atoms with Gasteiger partial charge in [-0.1, -0.05) is 59.8 Å². The van der Waals surface area contributed by atoms with Gasteiger partial charge in [0.05, 0.1) is 12.4 Å². The van der Waals surface area contributed by atoms with Crippen LogP contribution < -0.4 is 22.1 Å². The number of amides is 2. The highest BCUT2D eigenvalue weighted by Crippen LogP contribution is 2.25. The number of aryl methyl sites for hydroxylation is 3. The van der Waals surface area contributed by atoms with Crippen molar-refractivity contribution in [2.45, 2.75) is 70.5 Å². The Labute approximate surface area is 314 Å². The second-order valence-corrected chi connectivity index (χ2v) is 14.0. The van der Waals surface area contributed by atoms with Gasteiger partial charge in [-0.15, -0.1) is 0 Å².